The number of nitrogens with zero attached hydrogens (tertiary/aromatic N) is 3. The number of anilines is 2. The molecule has 9 nitrogen and oxygen atoms in total. The fraction of sp³-hybridized carbons (Fsp3) is 0.548. The maximum atomic E-state index is 13.5. The van der Waals surface area contributed by atoms with E-state index in [1.165, 1.54) is 6.42 Å². The highest BCUT2D eigenvalue weighted by Gasteiger charge is 2.22. The third kappa shape index (κ3) is 8.29. The van der Waals surface area contributed by atoms with Crippen LogP contribution in [0.2, 0.25) is 0 Å². The summed E-state index contributed by atoms with van der Waals surface area (Å²) in [5.41, 5.74) is 4.71. The smallest absolute Gasteiger partial charge is 0.253 e. The van der Waals surface area contributed by atoms with Crippen molar-refractivity contribution in [2.24, 2.45) is 0 Å². The summed E-state index contributed by atoms with van der Waals surface area (Å²) >= 11 is 3.45. The van der Waals surface area contributed by atoms with Crippen molar-refractivity contribution in [1.82, 2.24) is 20.1 Å². The van der Waals surface area contributed by atoms with Crippen molar-refractivity contribution in [2.45, 2.75) is 90.8 Å². The van der Waals surface area contributed by atoms with Gasteiger partial charge in [-0.25, -0.2) is 9.67 Å². The Kier molecular flexibility index (Phi) is 12.0. The topological polar surface area (TPSA) is 110 Å². The average Bonchev–Trinajstić information content (AvgIpc) is 3.41. The normalized spacial score (nSPS) is 13.8. The second-order valence-corrected chi connectivity index (χ2v) is 11.3. The van der Waals surface area contributed by atoms with Gasteiger partial charge in [-0.05, 0) is 51.2 Å². The number of halogens is 1. The summed E-state index contributed by atoms with van der Waals surface area (Å²) in [5, 5.41) is 16.4. The molecular formula is C31H43BrN6O3. The summed E-state index contributed by atoms with van der Waals surface area (Å²) in [7, 11) is 0. The van der Waals surface area contributed by atoms with Gasteiger partial charge in [0.05, 0.1) is 28.5 Å². The van der Waals surface area contributed by atoms with Crippen molar-refractivity contribution >= 4 is 50.2 Å². The first-order chi connectivity index (χ1) is 20.0. The largest absolute Gasteiger partial charge is 0.381 e. The maximum absolute atomic E-state index is 13.5. The predicted octanol–water partition coefficient (Wildman–Crippen LogP) is 6.21. The van der Waals surface area contributed by atoms with Crippen LogP contribution in [-0.2, 0) is 29.0 Å². The van der Waals surface area contributed by atoms with Gasteiger partial charge >= 0.3 is 0 Å². The number of carbonyl (C=O) groups is 2. The highest BCUT2D eigenvalue weighted by Crippen LogP contribution is 2.31. The van der Waals surface area contributed by atoms with Crippen LogP contribution < -0.4 is 16.0 Å². The van der Waals surface area contributed by atoms with Crippen molar-refractivity contribution in [2.75, 3.05) is 29.2 Å². The van der Waals surface area contributed by atoms with Crippen LogP contribution in [0.25, 0.3) is 11.0 Å². The molecule has 222 valence electrons. The van der Waals surface area contributed by atoms with Gasteiger partial charge in [0.15, 0.2) is 5.65 Å². The summed E-state index contributed by atoms with van der Waals surface area (Å²) in [6, 6.07) is 7.46. The Bertz CT molecular complexity index is 1300. The zero-order valence-corrected chi connectivity index (χ0v) is 25.9. The summed E-state index contributed by atoms with van der Waals surface area (Å²) in [6.45, 7) is 6.63. The molecule has 3 N–H and O–H groups in total. The molecule has 1 aromatic carbocycles. The number of nitrogens with one attached hydrogen (secondary N) is 3. The third-order valence-corrected chi connectivity index (χ3v) is 8.15. The van der Waals surface area contributed by atoms with Crippen LogP contribution in [0, 0.1) is 0 Å². The van der Waals surface area contributed by atoms with Gasteiger partial charge in [0, 0.05) is 55.4 Å². The molecule has 2 amide bonds. The van der Waals surface area contributed by atoms with E-state index in [9.17, 15) is 9.59 Å². The number of unbranched alkanes of at least 4 members (excludes halogenated alkanes) is 4. The molecule has 0 aliphatic carbocycles. The number of rotatable bonds is 15. The first-order valence-corrected chi connectivity index (χ1v) is 16.1. The fourth-order valence-corrected chi connectivity index (χ4v) is 5.67. The van der Waals surface area contributed by atoms with Crippen LogP contribution in [0.5, 0.6) is 0 Å². The van der Waals surface area contributed by atoms with Crippen molar-refractivity contribution in [3.63, 3.8) is 0 Å². The van der Waals surface area contributed by atoms with Crippen LogP contribution >= 0.6 is 15.9 Å². The van der Waals surface area contributed by atoms with E-state index in [0.717, 1.165) is 98.0 Å². The summed E-state index contributed by atoms with van der Waals surface area (Å²) in [4.78, 5) is 31.1. The lowest BCUT2D eigenvalue weighted by atomic mass is 10.0. The summed E-state index contributed by atoms with van der Waals surface area (Å²) in [5.74, 6) is -0.302. The third-order valence-electron chi connectivity index (χ3n) is 7.59. The molecule has 1 fully saturated rings. The first-order valence-electron chi connectivity index (χ1n) is 15.0. The van der Waals surface area contributed by atoms with E-state index in [1.54, 1.807) is 12.1 Å². The Labute approximate surface area is 251 Å². The highest BCUT2D eigenvalue weighted by atomic mass is 79.9. The van der Waals surface area contributed by atoms with Crippen molar-refractivity contribution in [1.29, 1.82) is 0 Å². The molecule has 1 aliphatic heterocycles. The molecular weight excluding hydrogens is 584 g/mol. The van der Waals surface area contributed by atoms with Crippen LogP contribution in [0.1, 0.15) is 86.8 Å². The maximum Gasteiger partial charge on any atom is 0.253 e. The fourth-order valence-electron chi connectivity index (χ4n) is 5.28. The number of alkyl halides is 1. The number of carbonyl (C=O) groups excluding carboxylic acids is 2. The molecule has 3 heterocycles. The first kappa shape index (κ1) is 31.0. The Hall–Kier alpha value is -2.98. The average molecular weight is 628 g/mol. The number of ether oxygens (including phenoxy) is 1. The lowest BCUT2D eigenvalue weighted by molar-refractivity contribution is -0.116. The van der Waals surface area contributed by atoms with E-state index in [-0.39, 0.29) is 17.9 Å². The second-order valence-electron chi connectivity index (χ2n) is 10.5. The van der Waals surface area contributed by atoms with Gasteiger partial charge in [0.25, 0.3) is 5.91 Å². The molecule has 2 aromatic heterocycles. The number of benzene rings is 1. The van der Waals surface area contributed by atoms with Gasteiger partial charge in [-0.2, -0.15) is 5.10 Å². The van der Waals surface area contributed by atoms with Crippen molar-refractivity contribution < 1.29 is 14.3 Å². The monoisotopic (exact) mass is 626 g/mol. The van der Waals surface area contributed by atoms with Crippen LogP contribution in [0.3, 0.4) is 0 Å². The second kappa shape index (κ2) is 15.9. The molecule has 3 aromatic rings. The lowest BCUT2D eigenvalue weighted by Gasteiger charge is -2.26. The minimum Gasteiger partial charge on any atom is -0.381 e. The molecule has 0 radical (unpaired) electrons. The zero-order chi connectivity index (χ0) is 29.0. The SMILES string of the molecule is CCc1nc2c(cnn2CC)c(NC2CCOCC2)c1CNC(=O)c1ccccc1NC(=O)CCCCCCCBr. The molecule has 41 heavy (non-hydrogen) atoms. The zero-order valence-electron chi connectivity index (χ0n) is 24.3. The molecule has 0 saturated carbocycles. The van der Waals surface area contributed by atoms with E-state index in [2.05, 4.69) is 50.8 Å². The van der Waals surface area contributed by atoms with E-state index >= 15 is 0 Å². The van der Waals surface area contributed by atoms with Crippen molar-refractivity contribution in [3.8, 4) is 0 Å². The number of amides is 2. The van der Waals surface area contributed by atoms with Gasteiger partial charge < -0.3 is 20.7 Å². The number of hydrogen-bond acceptors (Lipinski definition) is 6. The molecule has 10 heteroatoms. The standard InChI is InChI=1S/C31H43BrN6O3/c1-3-26-24(29(35-22-15-18-41-19-16-22)25-21-34-38(4-2)30(25)37-26)20-33-31(40)23-12-9-10-13-27(23)36-28(39)14-8-6-5-7-11-17-32/h9-10,12-13,21-22H,3-8,11,14-20H2,1-2H3,(H,33,40)(H,35,37)(H,36,39). The Morgan fingerprint density at radius 1 is 1.07 bits per heavy atom. The molecule has 1 aliphatic rings. The van der Waals surface area contributed by atoms with Crippen LogP contribution in [0.15, 0.2) is 30.5 Å². The van der Waals surface area contributed by atoms with Gasteiger partial charge in [-0.3, -0.25) is 9.59 Å². The van der Waals surface area contributed by atoms with Gasteiger partial charge in [-0.1, -0.05) is 54.2 Å². The van der Waals surface area contributed by atoms with E-state index in [0.29, 0.717) is 24.2 Å². The van der Waals surface area contributed by atoms with E-state index < -0.39 is 0 Å². The summed E-state index contributed by atoms with van der Waals surface area (Å²) in [6.07, 6.45) is 10.2. The number of pyridine rings is 1. The van der Waals surface area contributed by atoms with Crippen LogP contribution in [-0.4, -0.2) is 51.2 Å². The van der Waals surface area contributed by atoms with Gasteiger partial charge in [0.2, 0.25) is 5.91 Å². The number of hydrogen-bond donors (Lipinski definition) is 3. The van der Waals surface area contributed by atoms with Gasteiger partial charge in [0.1, 0.15) is 0 Å². The summed E-state index contributed by atoms with van der Waals surface area (Å²) < 4.78 is 7.48. The molecule has 4 rings (SSSR count). The number of aromatic nitrogens is 3. The van der Waals surface area contributed by atoms with E-state index in [4.69, 9.17) is 9.72 Å². The minimum absolute atomic E-state index is 0.0652. The number of fused-ring (bicyclic) bond motifs is 1. The lowest BCUT2D eigenvalue weighted by Crippen LogP contribution is -2.30. The Balaban J connectivity index is 1.49. The predicted molar refractivity (Wildman–Crippen MR) is 168 cm³/mol. The van der Waals surface area contributed by atoms with Crippen molar-refractivity contribution in [3.05, 3.63) is 47.3 Å². The van der Waals surface area contributed by atoms with E-state index in [1.807, 2.05) is 23.0 Å². The molecule has 0 spiro atoms. The van der Waals surface area contributed by atoms with Gasteiger partial charge in [-0.15, -0.1) is 0 Å². The number of para-hydroxylation sites is 1. The van der Waals surface area contributed by atoms with Crippen LogP contribution in [0.4, 0.5) is 11.4 Å². The minimum atomic E-state index is -0.237. The highest BCUT2D eigenvalue weighted by molar-refractivity contribution is 9.09. The number of aryl methyl sites for hydroxylation is 2. The molecule has 0 atom stereocenters. The Morgan fingerprint density at radius 3 is 2.59 bits per heavy atom. The molecule has 0 unspecified atom stereocenters. The molecule has 1 saturated heterocycles. The quantitative estimate of drug-likeness (QED) is 0.137. The molecule has 0 bridgehead atoms. The Morgan fingerprint density at radius 2 is 1.83 bits per heavy atom.